The van der Waals surface area contributed by atoms with Crippen LogP contribution in [0.1, 0.15) is 133 Å². The standard InChI is InChI=1S/C36H49N/c1-2-7-15-24-31-29(22-13-6-1)28-21-12-8-4-9-14-23-30(28)35-32-25-16-10-3-5-11-19-27-20-17-18-26-33(34(27)32)37-36(31)35/h1-2,6-7,13,15,22,24,27-28,30,32,34H,3-5,8-12,14,16-21,23,25-26H2. The van der Waals surface area contributed by atoms with E-state index >= 15 is 0 Å². The van der Waals surface area contributed by atoms with Gasteiger partial charge in [0.25, 0.3) is 0 Å². The van der Waals surface area contributed by atoms with Crippen LogP contribution in [-0.4, -0.2) is 5.71 Å². The number of hydrogen-bond donors (Lipinski definition) is 0. The van der Waals surface area contributed by atoms with Crippen LogP contribution in [-0.2, 0) is 0 Å². The Balaban J connectivity index is 1.56. The summed E-state index contributed by atoms with van der Waals surface area (Å²) < 4.78 is 0. The zero-order chi connectivity index (χ0) is 24.9. The Morgan fingerprint density at radius 2 is 1.08 bits per heavy atom. The third-order valence-corrected chi connectivity index (χ3v) is 10.6. The first kappa shape index (κ1) is 25.4. The molecule has 0 spiro atoms. The molecular formula is C36H49N. The second-order valence-corrected chi connectivity index (χ2v) is 12.8. The summed E-state index contributed by atoms with van der Waals surface area (Å²) in [5.74, 6) is 3.72. The molecule has 1 heteroatoms. The Morgan fingerprint density at radius 3 is 1.84 bits per heavy atom. The molecule has 1 heterocycles. The van der Waals surface area contributed by atoms with E-state index in [2.05, 4.69) is 48.5 Å². The van der Waals surface area contributed by atoms with Crippen LogP contribution >= 0.6 is 0 Å². The lowest BCUT2D eigenvalue weighted by atomic mass is 9.60. The fourth-order valence-electron chi connectivity index (χ4n) is 8.92. The summed E-state index contributed by atoms with van der Waals surface area (Å²) in [6.45, 7) is 0. The average molecular weight is 496 g/mol. The third kappa shape index (κ3) is 5.48. The lowest BCUT2D eigenvalue weighted by Crippen LogP contribution is -2.39. The van der Waals surface area contributed by atoms with Crippen molar-refractivity contribution < 1.29 is 0 Å². The normalized spacial score (nSPS) is 32.3. The zero-order valence-corrected chi connectivity index (χ0v) is 23.2. The second kappa shape index (κ2) is 12.3. The molecule has 37 heavy (non-hydrogen) atoms. The van der Waals surface area contributed by atoms with Gasteiger partial charge in [-0.1, -0.05) is 119 Å². The minimum atomic E-state index is 0.668. The number of nitrogens with zero attached hydrogens (tertiary/aromatic N) is 1. The smallest absolute Gasteiger partial charge is 0.0702 e. The van der Waals surface area contributed by atoms with Gasteiger partial charge in [-0.25, -0.2) is 0 Å². The van der Waals surface area contributed by atoms with Gasteiger partial charge < -0.3 is 0 Å². The van der Waals surface area contributed by atoms with E-state index in [4.69, 9.17) is 4.99 Å². The summed E-state index contributed by atoms with van der Waals surface area (Å²) >= 11 is 0. The van der Waals surface area contributed by atoms with Crippen molar-refractivity contribution in [3.05, 3.63) is 65.2 Å². The summed E-state index contributed by atoms with van der Waals surface area (Å²) in [4.78, 5) is 5.78. The molecule has 1 aromatic carbocycles. The van der Waals surface area contributed by atoms with Gasteiger partial charge in [0.15, 0.2) is 0 Å². The number of rotatable bonds is 0. The Hall–Kier alpha value is -1.89. The van der Waals surface area contributed by atoms with E-state index in [9.17, 15) is 0 Å². The van der Waals surface area contributed by atoms with Crippen LogP contribution in [0.5, 0.6) is 0 Å². The van der Waals surface area contributed by atoms with Crippen molar-refractivity contribution in [1.29, 1.82) is 0 Å². The van der Waals surface area contributed by atoms with E-state index < -0.39 is 0 Å². The van der Waals surface area contributed by atoms with E-state index in [0.29, 0.717) is 11.8 Å². The molecular weight excluding hydrogens is 446 g/mol. The summed E-state index contributed by atoms with van der Waals surface area (Å²) in [7, 11) is 0. The molecule has 1 nitrogen and oxygen atoms in total. The highest BCUT2D eigenvalue weighted by Crippen LogP contribution is 2.56. The van der Waals surface area contributed by atoms with Gasteiger partial charge in [-0.05, 0) is 79.8 Å². The highest BCUT2D eigenvalue weighted by molar-refractivity contribution is 5.96. The van der Waals surface area contributed by atoms with Gasteiger partial charge in [0, 0.05) is 17.2 Å². The number of hydrogen-bond acceptors (Lipinski definition) is 1. The van der Waals surface area contributed by atoms with Crippen LogP contribution in [0.3, 0.4) is 0 Å². The lowest BCUT2D eigenvalue weighted by molar-refractivity contribution is 0.241. The van der Waals surface area contributed by atoms with E-state index in [-0.39, 0.29) is 0 Å². The van der Waals surface area contributed by atoms with Crippen molar-refractivity contribution in [3.8, 4) is 0 Å². The van der Waals surface area contributed by atoms with E-state index in [1.165, 1.54) is 127 Å². The first-order chi connectivity index (χ1) is 18.4. The molecule has 5 atom stereocenters. The number of allylic oxidation sites excluding steroid dienone is 1. The van der Waals surface area contributed by atoms with Gasteiger partial charge in [0.1, 0.15) is 0 Å². The summed E-state index contributed by atoms with van der Waals surface area (Å²) in [6.07, 6.45) is 25.3. The molecule has 0 bridgehead atoms. The molecule has 198 valence electrons. The minimum absolute atomic E-state index is 0.668. The maximum absolute atomic E-state index is 5.78. The fraction of sp³-hybridized carbons (Fsp3) is 0.639. The van der Waals surface area contributed by atoms with Crippen molar-refractivity contribution in [3.63, 3.8) is 0 Å². The predicted octanol–water partition coefficient (Wildman–Crippen LogP) is 10.6. The van der Waals surface area contributed by atoms with Gasteiger partial charge in [0.05, 0.1) is 5.70 Å². The monoisotopic (exact) mass is 495 g/mol. The molecule has 1 aliphatic heterocycles. The molecule has 0 amide bonds. The Kier molecular flexibility index (Phi) is 8.45. The zero-order valence-electron chi connectivity index (χ0n) is 23.2. The third-order valence-electron chi connectivity index (χ3n) is 10.6. The van der Waals surface area contributed by atoms with Gasteiger partial charge in [-0.2, -0.15) is 0 Å². The summed E-state index contributed by atoms with van der Waals surface area (Å²) in [5.41, 5.74) is 7.93. The van der Waals surface area contributed by atoms with Gasteiger partial charge in [-0.15, -0.1) is 0 Å². The predicted molar refractivity (Wildman–Crippen MR) is 158 cm³/mol. The van der Waals surface area contributed by atoms with E-state index in [1.54, 1.807) is 11.3 Å². The maximum Gasteiger partial charge on any atom is 0.0702 e. The molecule has 3 saturated carbocycles. The molecule has 4 aliphatic carbocycles. The van der Waals surface area contributed by atoms with Crippen LogP contribution in [0.2, 0.25) is 0 Å². The molecule has 6 rings (SSSR count). The SMILES string of the molecule is c1ccccc2c(ccc1)C1=C(C3CCCCCCCC23)C2CCCCCCCC3CCCCC(=N1)C32. The van der Waals surface area contributed by atoms with E-state index in [1.807, 2.05) is 5.57 Å². The molecule has 1 aromatic rings. The van der Waals surface area contributed by atoms with Gasteiger partial charge in [-0.3, -0.25) is 4.99 Å². The van der Waals surface area contributed by atoms with Crippen molar-refractivity contribution in [2.24, 2.45) is 28.7 Å². The van der Waals surface area contributed by atoms with Crippen LogP contribution in [0.15, 0.2) is 59.1 Å². The Labute approximate surface area is 226 Å². The van der Waals surface area contributed by atoms with Gasteiger partial charge >= 0.3 is 0 Å². The van der Waals surface area contributed by atoms with E-state index in [0.717, 1.165) is 17.8 Å². The van der Waals surface area contributed by atoms with Crippen LogP contribution in [0, 0.1) is 23.7 Å². The van der Waals surface area contributed by atoms with Crippen LogP contribution in [0.4, 0.5) is 0 Å². The molecule has 0 saturated heterocycles. The molecule has 0 radical (unpaired) electrons. The topological polar surface area (TPSA) is 12.4 Å². The molecule has 0 aromatic heterocycles. The highest BCUT2D eigenvalue weighted by atomic mass is 14.8. The van der Waals surface area contributed by atoms with Crippen LogP contribution < -0.4 is 0 Å². The first-order valence-electron chi connectivity index (χ1n) is 16.2. The number of fused-ring (bicyclic) bond motifs is 6. The van der Waals surface area contributed by atoms with Gasteiger partial charge in [0.2, 0.25) is 0 Å². The van der Waals surface area contributed by atoms with Crippen molar-refractivity contribution in [1.82, 2.24) is 0 Å². The van der Waals surface area contributed by atoms with Crippen molar-refractivity contribution >= 4 is 11.4 Å². The maximum atomic E-state index is 5.78. The molecule has 5 aliphatic rings. The molecule has 0 N–H and O–H groups in total. The van der Waals surface area contributed by atoms with Crippen molar-refractivity contribution in [2.45, 2.75) is 121 Å². The largest absolute Gasteiger partial charge is 0.257 e. The number of aliphatic imine (C=N–C) groups is 1. The Morgan fingerprint density at radius 1 is 0.514 bits per heavy atom. The minimum Gasteiger partial charge on any atom is -0.257 e. The first-order valence-corrected chi connectivity index (χ1v) is 16.2. The Bertz CT molecular complexity index is 1050. The molecule has 5 unspecified atom stereocenters. The van der Waals surface area contributed by atoms with Crippen LogP contribution in [0.25, 0.3) is 5.70 Å². The highest BCUT2D eigenvalue weighted by Gasteiger charge is 2.46. The molecule has 3 fully saturated rings. The summed E-state index contributed by atoms with van der Waals surface area (Å²) in [6, 6.07) is 18.3. The summed E-state index contributed by atoms with van der Waals surface area (Å²) in [5, 5.41) is 0. The van der Waals surface area contributed by atoms with Crippen molar-refractivity contribution in [2.75, 3.05) is 0 Å². The lowest BCUT2D eigenvalue weighted by Gasteiger charge is -2.46. The average Bonchev–Trinajstić information content (AvgIpc) is 3.03. The fourth-order valence-corrected chi connectivity index (χ4v) is 8.92. The quantitative estimate of drug-likeness (QED) is 0.339. The second-order valence-electron chi connectivity index (χ2n) is 12.8.